The minimum absolute atomic E-state index is 0.230. The number of hydrogen-bond acceptors (Lipinski definition) is 4. The number of nitrogens with one attached hydrogen (secondary N) is 1. The third kappa shape index (κ3) is 2.80. The first kappa shape index (κ1) is 14.5. The molecule has 1 aromatic carbocycles. The van der Waals surface area contributed by atoms with Gasteiger partial charge in [-0.1, -0.05) is 6.07 Å². The van der Waals surface area contributed by atoms with E-state index in [9.17, 15) is 9.18 Å². The molecule has 0 aliphatic rings. The number of rotatable bonds is 4. The molecule has 0 bridgehead atoms. The van der Waals surface area contributed by atoms with E-state index in [1.165, 1.54) is 17.0 Å². The number of H-pyrrole nitrogens is 1. The molecule has 0 unspecified atom stereocenters. The normalized spacial score (nSPS) is 10.9. The zero-order chi connectivity index (χ0) is 15.7. The Morgan fingerprint density at radius 2 is 2.14 bits per heavy atom. The third-order valence-electron chi connectivity index (χ3n) is 3.32. The molecule has 3 rings (SSSR count). The molecule has 0 spiro atoms. The lowest BCUT2D eigenvalue weighted by Gasteiger charge is -2.14. The zero-order valence-corrected chi connectivity index (χ0v) is 13.0. The zero-order valence-electron chi connectivity index (χ0n) is 12.2. The van der Waals surface area contributed by atoms with Crippen molar-refractivity contribution in [2.24, 2.45) is 0 Å². The summed E-state index contributed by atoms with van der Waals surface area (Å²) >= 11 is 1.58. The molecule has 2 heterocycles. The minimum Gasteiger partial charge on any atom is -0.375 e. The number of nitrogens with zero attached hydrogens (tertiary/aromatic N) is 3. The Kier molecular flexibility index (Phi) is 3.81. The van der Waals surface area contributed by atoms with Crippen LogP contribution in [0.2, 0.25) is 0 Å². The Bertz CT molecular complexity index is 849. The van der Waals surface area contributed by atoms with Gasteiger partial charge in [-0.2, -0.15) is 5.10 Å². The van der Waals surface area contributed by atoms with E-state index in [1.54, 1.807) is 22.3 Å². The van der Waals surface area contributed by atoms with Gasteiger partial charge in [-0.3, -0.25) is 4.57 Å². The molecule has 2 aromatic heterocycles. The summed E-state index contributed by atoms with van der Waals surface area (Å²) in [7, 11) is 3.63. The number of anilines is 1. The molecule has 1 N–H and O–H groups in total. The Labute approximate surface area is 130 Å². The van der Waals surface area contributed by atoms with Crippen molar-refractivity contribution in [1.82, 2.24) is 14.8 Å². The van der Waals surface area contributed by atoms with E-state index in [4.69, 9.17) is 0 Å². The molecular formula is C15H15FN4OS. The highest BCUT2D eigenvalue weighted by atomic mass is 32.1. The smallest absolute Gasteiger partial charge is 0.343 e. The van der Waals surface area contributed by atoms with Gasteiger partial charge in [0.05, 0.1) is 12.2 Å². The van der Waals surface area contributed by atoms with Gasteiger partial charge in [0.1, 0.15) is 12.1 Å². The fourth-order valence-corrected chi connectivity index (χ4v) is 3.18. The third-order valence-corrected chi connectivity index (χ3v) is 4.44. The first-order chi connectivity index (χ1) is 10.5. The quantitative estimate of drug-likeness (QED) is 0.804. The fourth-order valence-electron chi connectivity index (χ4n) is 2.18. The first-order valence-electron chi connectivity index (χ1n) is 6.70. The first-order valence-corrected chi connectivity index (χ1v) is 7.52. The van der Waals surface area contributed by atoms with Gasteiger partial charge in [0.2, 0.25) is 0 Å². The van der Waals surface area contributed by atoms with Gasteiger partial charge >= 0.3 is 5.69 Å². The van der Waals surface area contributed by atoms with Gasteiger partial charge in [-0.25, -0.2) is 14.3 Å². The maximum atomic E-state index is 13.8. The molecule has 0 atom stereocenters. The maximum Gasteiger partial charge on any atom is 0.343 e. The lowest BCUT2D eigenvalue weighted by Crippen LogP contribution is -2.16. The topological polar surface area (TPSA) is 53.9 Å². The number of aromatic nitrogens is 3. The minimum atomic E-state index is -0.240. The highest BCUT2D eigenvalue weighted by Gasteiger charge is 2.09. The molecule has 0 saturated carbocycles. The van der Waals surface area contributed by atoms with Crippen molar-refractivity contribution in [3.63, 3.8) is 0 Å². The predicted molar refractivity (Wildman–Crippen MR) is 86.0 cm³/mol. The molecule has 0 fully saturated rings. The van der Waals surface area contributed by atoms with Gasteiger partial charge in [-0.15, -0.1) is 11.3 Å². The second kappa shape index (κ2) is 5.76. The molecule has 114 valence electrons. The molecule has 0 aliphatic heterocycles. The van der Waals surface area contributed by atoms with Crippen molar-refractivity contribution in [2.75, 3.05) is 19.0 Å². The van der Waals surface area contributed by atoms with Crippen LogP contribution in [0.1, 0.15) is 4.88 Å². The van der Waals surface area contributed by atoms with Crippen molar-refractivity contribution < 1.29 is 4.39 Å². The average molecular weight is 318 g/mol. The van der Waals surface area contributed by atoms with Crippen LogP contribution in [-0.4, -0.2) is 28.9 Å². The summed E-state index contributed by atoms with van der Waals surface area (Å²) in [5, 5.41) is 6.07. The van der Waals surface area contributed by atoms with Gasteiger partial charge in [0, 0.05) is 23.8 Å². The van der Waals surface area contributed by atoms with Crippen LogP contribution < -0.4 is 10.6 Å². The largest absolute Gasteiger partial charge is 0.375 e. The summed E-state index contributed by atoms with van der Waals surface area (Å²) in [6.07, 6.45) is 1.48. The van der Waals surface area contributed by atoms with E-state index < -0.39 is 0 Å². The van der Waals surface area contributed by atoms with E-state index in [0.717, 1.165) is 15.3 Å². The van der Waals surface area contributed by atoms with E-state index in [2.05, 4.69) is 10.2 Å². The number of halogens is 1. The van der Waals surface area contributed by atoms with Crippen molar-refractivity contribution in [2.45, 2.75) is 6.54 Å². The molecule has 7 heteroatoms. The summed E-state index contributed by atoms with van der Waals surface area (Å²) in [5.41, 5.74) is 1.28. The average Bonchev–Trinajstić information content (AvgIpc) is 3.10. The van der Waals surface area contributed by atoms with Crippen molar-refractivity contribution in [1.29, 1.82) is 0 Å². The summed E-state index contributed by atoms with van der Waals surface area (Å²) in [4.78, 5) is 15.3. The summed E-state index contributed by atoms with van der Waals surface area (Å²) < 4.78 is 15.3. The van der Waals surface area contributed by atoms with Crippen LogP contribution in [0.5, 0.6) is 0 Å². The molecule has 0 saturated heterocycles. The van der Waals surface area contributed by atoms with Crippen molar-refractivity contribution in [3.05, 3.63) is 57.8 Å². The number of benzene rings is 1. The van der Waals surface area contributed by atoms with Gasteiger partial charge in [0.25, 0.3) is 0 Å². The number of thiophene rings is 1. The highest BCUT2D eigenvalue weighted by molar-refractivity contribution is 7.15. The molecule has 22 heavy (non-hydrogen) atoms. The summed E-state index contributed by atoms with van der Waals surface area (Å²) in [6, 6.07) is 9.03. The van der Waals surface area contributed by atoms with Crippen LogP contribution >= 0.6 is 11.3 Å². The predicted octanol–water partition coefficient (Wildman–Crippen LogP) is 2.55. The van der Waals surface area contributed by atoms with Crippen LogP contribution in [0.25, 0.3) is 10.4 Å². The van der Waals surface area contributed by atoms with E-state index in [-0.39, 0.29) is 11.5 Å². The summed E-state index contributed by atoms with van der Waals surface area (Å²) in [5.74, 6) is -0.240. The monoisotopic (exact) mass is 318 g/mol. The Balaban J connectivity index is 1.89. The summed E-state index contributed by atoms with van der Waals surface area (Å²) in [6.45, 7) is 0.474. The Morgan fingerprint density at radius 3 is 2.82 bits per heavy atom. The number of aromatic amines is 1. The molecule has 3 aromatic rings. The van der Waals surface area contributed by atoms with Gasteiger partial charge < -0.3 is 4.90 Å². The van der Waals surface area contributed by atoms with Crippen LogP contribution in [0.4, 0.5) is 10.1 Å². The van der Waals surface area contributed by atoms with E-state index in [0.29, 0.717) is 12.2 Å². The second-order valence-corrected chi connectivity index (χ2v) is 6.28. The molecule has 5 nitrogen and oxygen atoms in total. The molecule has 0 radical (unpaired) electrons. The maximum absolute atomic E-state index is 13.8. The molecular weight excluding hydrogens is 303 g/mol. The van der Waals surface area contributed by atoms with E-state index in [1.807, 2.05) is 32.3 Å². The Morgan fingerprint density at radius 1 is 1.32 bits per heavy atom. The van der Waals surface area contributed by atoms with Gasteiger partial charge in [-0.05, 0) is 29.8 Å². The molecule has 0 amide bonds. The Hall–Kier alpha value is -2.41. The van der Waals surface area contributed by atoms with Crippen LogP contribution in [0.15, 0.2) is 41.5 Å². The van der Waals surface area contributed by atoms with Crippen molar-refractivity contribution >= 4 is 17.0 Å². The second-order valence-electron chi connectivity index (χ2n) is 5.12. The van der Waals surface area contributed by atoms with Crippen LogP contribution in [-0.2, 0) is 6.54 Å². The lowest BCUT2D eigenvalue weighted by atomic mass is 10.1. The highest BCUT2D eigenvalue weighted by Crippen LogP contribution is 2.31. The van der Waals surface area contributed by atoms with Crippen LogP contribution in [0.3, 0.4) is 0 Å². The lowest BCUT2D eigenvalue weighted by molar-refractivity contribution is 0.626. The molecule has 0 aliphatic carbocycles. The van der Waals surface area contributed by atoms with Crippen molar-refractivity contribution in [3.8, 4) is 10.4 Å². The number of hydrogen-bond donors (Lipinski definition) is 1. The van der Waals surface area contributed by atoms with Crippen LogP contribution in [0, 0.1) is 5.82 Å². The van der Waals surface area contributed by atoms with E-state index >= 15 is 0 Å². The SMILES string of the molecule is CN(C)c1cc(-c2ccc(Cn3cn[nH]c3=O)s2)ccc1F. The standard InChI is InChI=1S/C15H15FN4OS/c1-19(2)13-7-10(3-5-12(13)16)14-6-4-11(22-14)8-20-9-17-18-15(20)21/h3-7,9H,8H2,1-2H3,(H,18,21). The van der Waals surface area contributed by atoms with Gasteiger partial charge in [0.15, 0.2) is 0 Å². The fraction of sp³-hybridized carbons (Fsp3) is 0.200.